The maximum absolute atomic E-state index is 8.75. The van der Waals surface area contributed by atoms with E-state index in [0.29, 0.717) is 0 Å². The lowest BCUT2D eigenvalue weighted by Crippen LogP contribution is -2.38. The van der Waals surface area contributed by atoms with Gasteiger partial charge in [0.2, 0.25) is 0 Å². The minimum Gasteiger partial charge on any atom is -0.381 e. The number of aliphatic hydroxyl groups is 3. The molecule has 0 fully saturated rings. The third-order valence-electron chi connectivity index (χ3n) is 1.27. The first-order valence-electron chi connectivity index (χ1n) is 3.41. The molecule has 0 aromatic carbocycles. The van der Waals surface area contributed by atoms with Crippen LogP contribution >= 0.6 is 0 Å². The van der Waals surface area contributed by atoms with Gasteiger partial charge in [-0.25, -0.2) is 4.90 Å². The van der Waals surface area contributed by atoms with Crippen molar-refractivity contribution in [3.8, 4) is 0 Å². The molecule has 0 aliphatic carbocycles. The zero-order chi connectivity index (χ0) is 8.85. The molecule has 0 saturated carbocycles. The largest absolute Gasteiger partial charge is 0.381 e. The van der Waals surface area contributed by atoms with Crippen molar-refractivity contribution in [1.82, 2.24) is 4.90 Å². The van der Waals surface area contributed by atoms with E-state index >= 15 is 0 Å². The average Bonchev–Trinajstić information content (AvgIpc) is 1.88. The summed E-state index contributed by atoms with van der Waals surface area (Å²) in [5, 5.41) is 26.0. The molecule has 0 aliphatic rings. The van der Waals surface area contributed by atoms with Gasteiger partial charge in [-0.3, -0.25) is 0 Å². The van der Waals surface area contributed by atoms with Gasteiger partial charge < -0.3 is 20.1 Å². The minimum atomic E-state index is -0.898. The van der Waals surface area contributed by atoms with Crippen molar-refractivity contribution in [2.45, 2.75) is 26.4 Å². The van der Waals surface area contributed by atoms with E-state index in [9.17, 15) is 0 Å². The van der Waals surface area contributed by atoms with Gasteiger partial charge in [0.1, 0.15) is 6.23 Å². The molecular weight excluding hydrogens is 150 g/mol. The van der Waals surface area contributed by atoms with E-state index in [1.54, 1.807) is 6.92 Å². The molecule has 0 aromatic rings. The van der Waals surface area contributed by atoms with Gasteiger partial charge in [0.15, 0.2) is 6.29 Å². The standard InChI is InChI=1S/C6H15NO4/c1-5(11-6(2)10)7(3-8)4-9/h5-6,8-10H,3-4H2,1-2H3. The van der Waals surface area contributed by atoms with Crippen LogP contribution in [0.5, 0.6) is 0 Å². The summed E-state index contributed by atoms with van der Waals surface area (Å²) in [4.78, 5) is 1.24. The highest BCUT2D eigenvalue weighted by Gasteiger charge is 2.13. The van der Waals surface area contributed by atoms with E-state index in [-0.39, 0.29) is 13.5 Å². The minimum absolute atomic E-state index is 0.301. The Morgan fingerprint density at radius 3 is 2.00 bits per heavy atom. The van der Waals surface area contributed by atoms with Gasteiger partial charge in [-0.1, -0.05) is 0 Å². The Labute approximate surface area is 65.8 Å². The lowest BCUT2D eigenvalue weighted by molar-refractivity contribution is -0.191. The molecule has 0 aromatic heterocycles. The van der Waals surface area contributed by atoms with Crippen LogP contribution in [-0.2, 0) is 4.74 Å². The second-order valence-corrected chi connectivity index (χ2v) is 2.21. The van der Waals surface area contributed by atoms with E-state index in [1.807, 2.05) is 0 Å². The second-order valence-electron chi connectivity index (χ2n) is 2.21. The van der Waals surface area contributed by atoms with Crippen molar-refractivity contribution in [2.24, 2.45) is 0 Å². The van der Waals surface area contributed by atoms with Crippen LogP contribution in [0.2, 0.25) is 0 Å². The van der Waals surface area contributed by atoms with Gasteiger partial charge in [0, 0.05) is 0 Å². The molecule has 0 bridgehead atoms. The predicted molar refractivity (Wildman–Crippen MR) is 38.2 cm³/mol. The van der Waals surface area contributed by atoms with Crippen molar-refractivity contribution in [1.29, 1.82) is 0 Å². The van der Waals surface area contributed by atoms with Gasteiger partial charge >= 0.3 is 0 Å². The highest BCUT2D eigenvalue weighted by molar-refractivity contribution is 4.48. The zero-order valence-electron chi connectivity index (χ0n) is 6.77. The summed E-state index contributed by atoms with van der Waals surface area (Å²) in [6, 6.07) is 0. The van der Waals surface area contributed by atoms with Crippen LogP contribution in [0.15, 0.2) is 0 Å². The van der Waals surface area contributed by atoms with Crippen molar-refractivity contribution >= 4 is 0 Å². The van der Waals surface area contributed by atoms with Crippen LogP contribution in [0.4, 0.5) is 0 Å². The Kier molecular flexibility index (Phi) is 5.35. The Balaban J connectivity index is 3.68. The van der Waals surface area contributed by atoms with Crippen LogP contribution in [0, 0.1) is 0 Å². The molecule has 0 heterocycles. The first-order chi connectivity index (χ1) is 5.11. The van der Waals surface area contributed by atoms with Crippen LogP contribution in [0.3, 0.4) is 0 Å². The van der Waals surface area contributed by atoms with Crippen molar-refractivity contribution in [3.05, 3.63) is 0 Å². The number of hydrogen-bond donors (Lipinski definition) is 3. The summed E-state index contributed by atoms with van der Waals surface area (Å²) in [5.74, 6) is 0. The summed E-state index contributed by atoms with van der Waals surface area (Å²) in [6.45, 7) is 2.48. The fourth-order valence-corrected chi connectivity index (χ4v) is 0.646. The van der Waals surface area contributed by atoms with Crippen molar-refractivity contribution < 1.29 is 20.1 Å². The molecule has 2 unspecified atom stereocenters. The fourth-order valence-electron chi connectivity index (χ4n) is 0.646. The smallest absolute Gasteiger partial charge is 0.153 e. The third kappa shape index (κ3) is 4.28. The lowest BCUT2D eigenvalue weighted by atomic mass is 10.5. The number of ether oxygens (including phenoxy) is 1. The van der Waals surface area contributed by atoms with Gasteiger partial charge in [-0.05, 0) is 13.8 Å². The van der Waals surface area contributed by atoms with Crippen molar-refractivity contribution in [3.63, 3.8) is 0 Å². The Morgan fingerprint density at radius 2 is 1.73 bits per heavy atom. The first-order valence-corrected chi connectivity index (χ1v) is 3.41. The molecule has 5 nitrogen and oxygen atoms in total. The molecule has 0 aliphatic heterocycles. The van der Waals surface area contributed by atoms with Crippen molar-refractivity contribution in [2.75, 3.05) is 13.5 Å². The number of nitrogens with zero attached hydrogens (tertiary/aromatic N) is 1. The van der Waals surface area contributed by atoms with Crippen LogP contribution in [-0.4, -0.2) is 46.2 Å². The van der Waals surface area contributed by atoms with Crippen LogP contribution in [0.25, 0.3) is 0 Å². The summed E-state index contributed by atoms with van der Waals surface area (Å²) in [5.41, 5.74) is 0. The summed E-state index contributed by atoms with van der Waals surface area (Å²) < 4.78 is 4.86. The Hall–Kier alpha value is -0.200. The molecule has 68 valence electrons. The van der Waals surface area contributed by atoms with E-state index in [4.69, 9.17) is 20.1 Å². The highest BCUT2D eigenvalue weighted by Crippen LogP contribution is 2.00. The average molecular weight is 165 g/mol. The summed E-state index contributed by atoms with van der Waals surface area (Å²) in [7, 11) is 0. The van der Waals surface area contributed by atoms with Crippen LogP contribution < -0.4 is 0 Å². The topological polar surface area (TPSA) is 73.2 Å². The molecule has 5 heteroatoms. The predicted octanol–water partition coefficient (Wildman–Crippen LogP) is -1.11. The van der Waals surface area contributed by atoms with Gasteiger partial charge in [0.05, 0.1) is 13.5 Å². The molecule has 2 atom stereocenters. The molecule has 0 spiro atoms. The SMILES string of the molecule is CC(O)OC(C)N(CO)CO. The van der Waals surface area contributed by atoms with Gasteiger partial charge in [-0.2, -0.15) is 0 Å². The van der Waals surface area contributed by atoms with E-state index in [0.717, 1.165) is 0 Å². The highest BCUT2D eigenvalue weighted by atomic mass is 16.6. The van der Waals surface area contributed by atoms with E-state index in [2.05, 4.69) is 0 Å². The number of aliphatic hydroxyl groups excluding tert-OH is 3. The monoisotopic (exact) mass is 165 g/mol. The lowest BCUT2D eigenvalue weighted by Gasteiger charge is -2.25. The Bertz CT molecular complexity index is 94.6. The number of hydrogen-bond acceptors (Lipinski definition) is 5. The second kappa shape index (κ2) is 5.45. The van der Waals surface area contributed by atoms with Gasteiger partial charge in [-0.15, -0.1) is 0 Å². The molecule has 0 saturated heterocycles. The third-order valence-corrected chi connectivity index (χ3v) is 1.27. The molecule has 11 heavy (non-hydrogen) atoms. The van der Waals surface area contributed by atoms with E-state index in [1.165, 1.54) is 11.8 Å². The quantitative estimate of drug-likeness (QED) is 0.450. The normalized spacial score (nSPS) is 16.9. The van der Waals surface area contributed by atoms with E-state index < -0.39 is 12.5 Å². The summed E-state index contributed by atoms with van der Waals surface area (Å²) >= 11 is 0. The maximum atomic E-state index is 8.75. The van der Waals surface area contributed by atoms with Gasteiger partial charge in [0.25, 0.3) is 0 Å². The molecule has 0 amide bonds. The zero-order valence-corrected chi connectivity index (χ0v) is 6.77. The summed E-state index contributed by atoms with van der Waals surface area (Å²) in [6.07, 6.45) is -1.39. The first kappa shape index (κ1) is 10.8. The van der Waals surface area contributed by atoms with Crippen LogP contribution in [0.1, 0.15) is 13.8 Å². The number of rotatable bonds is 5. The molecule has 0 rings (SSSR count). The fraction of sp³-hybridized carbons (Fsp3) is 1.00. The molecular formula is C6H15NO4. The maximum Gasteiger partial charge on any atom is 0.153 e. The molecule has 0 radical (unpaired) electrons. The Morgan fingerprint density at radius 1 is 1.27 bits per heavy atom. The molecule has 3 N–H and O–H groups in total.